The standard InChI is InChI=1S/C12H10ClNOS/c1-8-14-11(7-16-8)12(15)6-9-2-4-10(13)5-3-9/h2-5,7H,6H2,1H3. The first-order chi connectivity index (χ1) is 7.65. The van der Waals surface area contributed by atoms with Gasteiger partial charge in [0.2, 0.25) is 0 Å². The van der Waals surface area contributed by atoms with Crippen molar-refractivity contribution in [2.45, 2.75) is 13.3 Å². The third-order valence-corrected chi connectivity index (χ3v) is 3.21. The minimum Gasteiger partial charge on any atom is -0.292 e. The van der Waals surface area contributed by atoms with Gasteiger partial charge in [0, 0.05) is 16.8 Å². The van der Waals surface area contributed by atoms with E-state index in [1.54, 1.807) is 17.5 Å². The molecule has 1 aromatic heterocycles. The minimum absolute atomic E-state index is 0.0478. The van der Waals surface area contributed by atoms with E-state index in [9.17, 15) is 4.79 Å². The van der Waals surface area contributed by atoms with E-state index in [1.807, 2.05) is 19.1 Å². The lowest BCUT2D eigenvalue weighted by Gasteiger charge is -1.98. The summed E-state index contributed by atoms with van der Waals surface area (Å²) >= 11 is 7.27. The maximum absolute atomic E-state index is 11.8. The van der Waals surface area contributed by atoms with Gasteiger partial charge in [-0.1, -0.05) is 23.7 Å². The molecule has 0 fully saturated rings. The minimum atomic E-state index is 0.0478. The number of carbonyl (C=O) groups excluding carboxylic acids is 1. The largest absolute Gasteiger partial charge is 0.292 e. The number of hydrogen-bond donors (Lipinski definition) is 0. The number of Topliss-reactive ketones (excluding diaryl/α,β-unsaturated/α-hetero) is 1. The normalized spacial score (nSPS) is 10.4. The van der Waals surface area contributed by atoms with E-state index < -0.39 is 0 Å². The monoisotopic (exact) mass is 251 g/mol. The topological polar surface area (TPSA) is 30.0 Å². The third kappa shape index (κ3) is 2.68. The molecule has 4 heteroatoms. The van der Waals surface area contributed by atoms with Crippen LogP contribution in [-0.2, 0) is 6.42 Å². The number of carbonyl (C=O) groups is 1. The van der Waals surface area contributed by atoms with Gasteiger partial charge in [0.05, 0.1) is 5.01 Å². The molecule has 0 unspecified atom stereocenters. The molecule has 0 saturated carbocycles. The summed E-state index contributed by atoms with van der Waals surface area (Å²) in [5.74, 6) is 0.0478. The molecule has 2 rings (SSSR count). The first kappa shape index (κ1) is 11.3. The SMILES string of the molecule is Cc1nc(C(=O)Cc2ccc(Cl)cc2)cs1. The second kappa shape index (κ2) is 4.76. The fourth-order valence-electron chi connectivity index (χ4n) is 1.37. The molecule has 0 aliphatic rings. The first-order valence-electron chi connectivity index (χ1n) is 4.85. The molecule has 0 N–H and O–H groups in total. The highest BCUT2D eigenvalue weighted by molar-refractivity contribution is 7.09. The van der Waals surface area contributed by atoms with Crippen molar-refractivity contribution in [1.82, 2.24) is 4.98 Å². The van der Waals surface area contributed by atoms with E-state index in [0.29, 0.717) is 17.1 Å². The Morgan fingerprint density at radius 1 is 1.38 bits per heavy atom. The van der Waals surface area contributed by atoms with Gasteiger partial charge in [-0.3, -0.25) is 4.79 Å². The average Bonchev–Trinajstić information content (AvgIpc) is 2.68. The molecular formula is C12H10ClNOS. The molecular weight excluding hydrogens is 242 g/mol. The van der Waals surface area contributed by atoms with Crippen LogP contribution in [0.4, 0.5) is 0 Å². The zero-order valence-electron chi connectivity index (χ0n) is 8.74. The Bertz CT molecular complexity index is 504. The molecule has 2 nitrogen and oxygen atoms in total. The molecule has 0 amide bonds. The van der Waals surface area contributed by atoms with Gasteiger partial charge in [-0.05, 0) is 24.6 Å². The first-order valence-corrected chi connectivity index (χ1v) is 6.10. The van der Waals surface area contributed by atoms with E-state index in [0.717, 1.165) is 10.6 Å². The highest BCUT2D eigenvalue weighted by Gasteiger charge is 2.09. The van der Waals surface area contributed by atoms with Crippen LogP contribution in [0.5, 0.6) is 0 Å². The van der Waals surface area contributed by atoms with E-state index in [4.69, 9.17) is 11.6 Å². The summed E-state index contributed by atoms with van der Waals surface area (Å²) in [5, 5.41) is 3.40. The zero-order valence-corrected chi connectivity index (χ0v) is 10.3. The molecule has 0 atom stereocenters. The van der Waals surface area contributed by atoms with Gasteiger partial charge in [0.1, 0.15) is 5.69 Å². The van der Waals surface area contributed by atoms with Crippen LogP contribution in [0, 0.1) is 6.92 Å². The zero-order chi connectivity index (χ0) is 11.5. The number of nitrogens with zero attached hydrogens (tertiary/aromatic N) is 1. The van der Waals surface area contributed by atoms with Gasteiger partial charge >= 0.3 is 0 Å². The number of halogens is 1. The number of rotatable bonds is 3. The van der Waals surface area contributed by atoms with Crippen molar-refractivity contribution in [2.24, 2.45) is 0 Å². The average molecular weight is 252 g/mol. The number of benzene rings is 1. The van der Waals surface area contributed by atoms with E-state index in [-0.39, 0.29) is 5.78 Å². The van der Waals surface area contributed by atoms with Crippen LogP contribution in [0.1, 0.15) is 21.1 Å². The maximum Gasteiger partial charge on any atom is 0.186 e. The number of aryl methyl sites for hydroxylation is 1. The van der Waals surface area contributed by atoms with E-state index in [1.165, 1.54) is 11.3 Å². The molecule has 0 aliphatic heterocycles. The van der Waals surface area contributed by atoms with Crippen molar-refractivity contribution in [3.63, 3.8) is 0 Å². The van der Waals surface area contributed by atoms with Gasteiger partial charge in [0.25, 0.3) is 0 Å². The Hall–Kier alpha value is -1.19. The summed E-state index contributed by atoms with van der Waals surface area (Å²) in [6.07, 6.45) is 0.375. The van der Waals surface area contributed by atoms with Gasteiger partial charge in [-0.25, -0.2) is 4.98 Å². The van der Waals surface area contributed by atoms with Gasteiger partial charge in [-0.2, -0.15) is 0 Å². The van der Waals surface area contributed by atoms with E-state index in [2.05, 4.69) is 4.98 Å². The fourth-order valence-corrected chi connectivity index (χ4v) is 2.11. The van der Waals surface area contributed by atoms with Crippen LogP contribution < -0.4 is 0 Å². The molecule has 16 heavy (non-hydrogen) atoms. The second-order valence-electron chi connectivity index (χ2n) is 3.48. The molecule has 0 bridgehead atoms. The highest BCUT2D eigenvalue weighted by Crippen LogP contribution is 2.13. The molecule has 2 aromatic rings. The molecule has 0 radical (unpaired) electrons. The summed E-state index contributed by atoms with van der Waals surface area (Å²) in [6, 6.07) is 7.30. The number of aromatic nitrogens is 1. The van der Waals surface area contributed by atoms with Gasteiger partial charge in [0.15, 0.2) is 5.78 Å². The Kier molecular flexibility index (Phi) is 3.36. The fraction of sp³-hybridized carbons (Fsp3) is 0.167. The van der Waals surface area contributed by atoms with Gasteiger partial charge < -0.3 is 0 Å². The van der Waals surface area contributed by atoms with Crippen molar-refractivity contribution in [3.05, 3.63) is 50.9 Å². The predicted octanol–water partition coefficient (Wildman–Crippen LogP) is 3.53. The second-order valence-corrected chi connectivity index (χ2v) is 4.98. The Morgan fingerprint density at radius 2 is 2.06 bits per heavy atom. The maximum atomic E-state index is 11.8. The van der Waals surface area contributed by atoms with Crippen molar-refractivity contribution < 1.29 is 4.79 Å². The smallest absolute Gasteiger partial charge is 0.186 e. The molecule has 0 aliphatic carbocycles. The highest BCUT2D eigenvalue weighted by atomic mass is 35.5. The number of hydrogen-bond acceptors (Lipinski definition) is 3. The summed E-state index contributed by atoms with van der Waals surface area (Å²) < 4.78 is 0. The Labute approximate surface area is 103 Å². The van der Waals surface area contributed by atoms with Crippen LogP contribution in [-0.4, -0.2) is 10.8 Å². The number of ketones is 1. The van der Waals surface area contributed by atoms with Crippen LogP contribution in [0.2, 0.25) is 5.02 Å². The van der Waals surface area contributed by atoms with Crippen molar-refractivity contribution in [2.75, 3.05) is 0 Å². The summed E-state index contributed by atoms with van der Waals surface area (Å²) in [5.41, 5.74) is 1.51. The Balaban J connectivity index is 2.10. The van der Waals surface area contributed by atoms with Crippen LogP contribution >= 0.6 is 22.9 Å². The van der Waals surface area contributed by atoms with Crippen LogP contribution in [0.25, 0.3) is 0 Å². The molecule has 1 heterocycles. The lowest BCUT2D eigenvalue weighted by molar-refractivity contribution is 0.0989. The molecule has 0 saturated heterocycles. The summed E-state index contributed by atoms with van der Waals surface area (Å²) in [4.78, 5) is 16.0. The predicted molar refractivity (Wildman–Crippen MR) is 66.3 cm³/mol. The van der Waals surface area contributed by atoms with E-state index >= 15 is 0 Å². The lowest BCUT2D eigenvalue weighted by Crippen LogP contribution is -2.03. The van der Waals surface area contributed by atoms with Gasteiger partial charge in [-0.15, -0.1) is 11.3 Å². The summed E-state index contributed by atoms with van der Waals surface area (Å²) in [6.45, 7) is 1.89. The third-order valence-electron chi connectivity index (χ3n) is 2.18. The van der Waals surface area contributed by atoms with Crippen molar-refractivity contribution in [1.29, 1.82) is 0 Å². The van der Waals surface area contributed by atoms with Crippen molar-refractivity contribution >= 4 is 28.7 Å². The van der Waals surface area contributed by atoms with Crippen LogP contribution in [0.3, 0.4) is 0 Å². The molecule has 82 valence electrons. The van der Waals surface area contributed by atoms with Crippen molar-refractivity contribution in [3.8, 4) is 0 Å². The molecule has 1 aromatic carbocycles. The van der Waals surface area contributed by atoms with Crippen LogP contribution in [0.15, 0.2) is 29.6 Å². The summed E-state index contributed by atoms with van der Waals surface area (Å²) in [7, 11) is 0. The Morgan fingerprint density at radius 3 is 2.62 bits per heavy atom. The number of thiazole rings is 1. The molecule has 0 spiro atoms. The lowest BCUT2D eigenvalue weighted by atomic mass is 10.1. The quantitative estimate of drug-likeness (QED) is 0.781.